The minimum atomic E-state index is 0. The molecule has 1 aliphatic carbocycles. The molecule has 1 aliphatic rings. The quantitative estimate of drug-likeness (QED) is 0.121. The van der Waals surface area contributed by atoms with Gasteiger partial charge in [-0.1, -0.05) is 213 Å². The van der Waals surface area contributed by atoms with Crippen molar-refractivity contribution in [2.24, 2.45) is 41.4 Å². The van der Waals surface area contributed by atoms with Crippen LogP contribution < -0.4 is 0 Å². The van der Waals surface area contributed by atoms with E-state index in [4.69, 9.17) is 0 Å². The second-order valence-electron chi connectivity index (χ2n) is 13.3. The van der Waals surface area contributed by atoms with Crippen molar-refractivity contribution in [3.8, 4) is 0 Å². The monoisotopic (exact) mass is 569 g/mol. The molecular weight excluding hydrogens is 480 g/mol. The summed E-state index contributed by atoms with van der Waals surface area (Å²) in [6.45, 7) is 29.6. The van der Waals surface area contributed by atoms with Crippen molar-refractivity contribution in [3.05, 3.63) is 0 Å². The molecule has 0 radical (unpaired) electrons. The first-order chi connectivity index (χ1) is 18.8. The lowest BCUT2D eigenvalue weighted by Crippen LogP contribution is -2.32. The largest absolute Gasteiger partial charge is 0.0776 e. The third kappa shape index (κ3) is 26.9. The zero-order valence-electron chi connectivity index (χ0n) is 30.5. The molecule has 0 bridgehead atoms. The summed E-state index contributed by atoms with van der Waals surface area (Å²) in [6, 6.07) is 0. The Morgan fingerprint density at radius 2 is 1.05 bits per heavy atom. The number of unbranched alkanes of at least 4 members (excludes halogenated alkanes) is 6. The standard InChI is InChI=1S/C26H52.C9H20.2C2H6.CH4/c1-7-10-11-12-15-24(9-3)23(6)26(25-16-13-17-25)20-22(5)19-18-21(4)14-8-2;1-4-5-6-7-8-9(2)3;2*1-2;/h21-26H,7-20H2,1-6H3;9H,4-8H2,1-3H3;2*1-2H3;1H4. The van der Waals surface area contributed by atoms with Crippen LogP contribution in [0.3, 0.4) is 0 Å². The second-order valence-corrected chi connectivity index (χ2v) is 13.3. The van der Waals surface area contributed by atoms with E-state index >= 15 is 0 Å². The summed E-state index contributed by atoms with van der Waals surface area (Å²) in [6.07, 6.45) is 27.5. The molecule has 40 heavy (non-hydrogen) atoms. The van der Waals surface area contributed by atoms with E-state index in [9.17, 15) is 0 Å². The van der Waals surface area contributed by atoms with Gasteiger partial charge in [0.15, 0.2) is 0 Å². The van der Waals surface area contributed by atoms with Crippen LogP contribution >= 0.6 is 0 Å². The van der Waals surface area contributed by atoms with Gasteiger partial charge in [0.1, 0.15) is 0 Å². The SMILES string of the molecule is C.CC.CC.CCCCCCC(C)C.CCCCCCC(CC)C(C)C(CC(C)CCC(C)CCC)C1CCC1. The number of rotatable bonds is 21. The lowest BCUT2D eigenvalue weighted by Gasteiger charge is -2.42. The Kier molecular flexibility index (Phi) is 41.3. The minimum Gasteiger partial charge on any atom is -0.0776 e. The highest BCUT2D eigenvalue weighted by Gasteiger charge is 2.34. The highest BCUT2D eigenvalue weighted by atomic mass is 14.4. The van der Waals surface area contributed by atoms with Crippen molar-refractivity contribution in [1.82, 2.24) is 0 Å². The van der Waals surface area contributed by atoms with Gasteiger partial charge in [0.2, 0.25) is 0 Å². The van der Waals surface area contributed by atoms with E-state index in [0.29, 0.717) is 0 Å². The van der Waals surface area contributed by atoms with E-state index in [-0.39, 0.29) is 7.43 Å². The van der Waals surface area contributed by atoms with Crippen LogP contribution in [0.25, 0.3) is 0 Å². The van der Waals surface area contributed by atoms with Crippen LogP contribution in [0, 0.1) is 41.4 Å². The van der Waals surface area contributed by atoms with Gasteiger partial charge in [-0.15, -0.1) is 0 Å². The first kappa shape index (κ1) is 46.9. The van der Waals surface area contributed by atoms with E-state index < -0.39 is 0 Å². The van der Waals surface area contributed by atoms with Gasteiger partial charge in [-0.25, -0.2) is 0 Å². The Bertz CT molecular complexity index is 420. The summed E-state index contributed by atoms with van der Waals surface area (Å²) in [5.41, 5.74) is 0. The fraction of sp³-hybridized carbons (Fsp3) is 1.00. The van der Waals surface area contributed by atoms with Crippen molar-refractivity contribution in [1.29, 1.82) is 0 Å². The Morgan fingerprint density at radius 3 is 1.45 bits per heavy atom. The molecule has 248 valence electrons. The van der Waals surface area contributed by atoms with Crippen molar-refractivity contribution in [2.75, 3.05) is 0 Å². The van der Waals surface area contributed by atoms with Crippen LogP contribution in [0.5, 0.6) is 0 Å². The fourth-order valence-corrected chi connectivity index (χ4v) is 6.49. The zero-order valence-corrected chi connectivity index (χ0v) is 30.5. The van der Waals surface area contributed by atoms with Crippen molar-refractivity contribution >= 4 is 0 Å². The highest BCUT2D eigenvalue weighted by molar-refractivity contribution is 4.85. The molecule has 1 fully saturated rings. The van der Waals surface area contributed by atoms with Gasteiger partial charge in [-0.05, 0) is 47.8 Å². The first-order valence-electron chi connectivity index (χ1n) is 18.8. The zero-order chi connectivity index (χ0) is 30.5. The molecule has 5 unspecified atom stereocenters. The smallest absolute Gasteiger partial charge is 0.0355 e. The van der Waals surface area contributed by atoms with E-state index in [1.165, 1.54) is 122 Å². The minimum absolute atomic E-state index is 0. The summed E-state index contributed by atoms with van der Waals surface area (Å²) >= 11 is 0. The Labute approximate surface area is 260 Å². The van der Waals surface area contributed by atoms with Crippen molar-refractivity contribution in [2.45, 2.75) is 219 Å². The maximum Gasteiger partial charge on any atom is -0.0355 e. The lowest BCUT2D eigenvalue weighted by atomic mass is 9.64. The Morgan fingerprint density at radius 1 is 0.550 bits per heavy atom. The molecule has 0 saturated heterocycles. The average Bonchev–Trinajstić information content (AvgIpc) is 2.91. The first-order valence-corrected chi connectivity index (χ1v) is 18.8. The molecule has 0 heteroatoms. The molecule has 0 heterocycles. The third-order valence-electron chi connectivity index (χ3n) is 9.37. The van der Waals surface area contributed by atoms with Crippen LogP contribution in [-0.2, 0) is 0 Å². The van der Waals surface area contributed by atoms with Crippen LogP contribution in [0.4, 0.5) is 0 Å². The topological polar surface area (TPSA) is 0 Å². The Hall–Kier alpha value is 0. The molecule has 0 amide bonds. The number of hydrogen-bond donors (Lipinski definition) is 0. The maximum atomic E-state index is 2.63. The van der Waals surface area contributed by atoms with Crippen LogP contribution in [-0.4, -0.2) is 0 Å². The Balaban J connectivity index is -0.000000390. The van der Waals surface area contributed by atoms with Gasteiger partial charge in [-0.3, -0.25) is 0 Å². The van der Waals surface area contributed by atoms with E-state index in [0.717, 1.165) is 41.4 Å². The molecule has 0 aliphatic heterocycles. The fourth-order valence-electron chi connectivity index (χ4n) is 6.49. The number of hydrogen-bond acceptors (Lipinski definition) is 0. The normalized spacial score (nSPS) is 16.4. The van der Waals surface area contributed by atoms with Crippen molar-refractivity contribution < 1.29 is 0 Å². The summed E-state index contributed by atoms with van der Waals surface area (Å²) in [4.78, 5) is 0. The highest BCUT2D eigenvalue weighted by Crippen LogP contribution is 2.44. The van der Waals surface area contributed by atoms with Gasteiger partial charge in [0.05, 0.1) is 0 Å². The lowest BCUT2D eigenvalue weighted by molar-refractivity contribution is 0.0849. The van der Waals surface area contributed by atoms with Crippen LogP contribution in [0.2, 0.25) is 0 Å². The molecule has 5 atom stereocenters. The predicted molar refractivity (Wildman–Crippen MR) is 193 cm³/mol. The molecule has 1 rings (SSSR count). The molecule has 0 nitrogen and oxygen atoms in total. The summed E-state index contributed by atoms with van der Waals surface area (Å²) in [7, 11) is 0. The van der Waals surface area contributed by atoms with Gasteiger partial charge < -0.3 is 0 Å². The summed E-state index contributed by atoms with van der Waals surface area (Å²) in [5.74, 6) is 6.76. The average molecular weight is 569 g/mol. The third-order valence-corrected chi connectivity index (χ3v) is 9.37. The molecule has 1 saturated carbocycles. The molecule has 0 N–H and O–H groups in total. The summed E-state index contributed by atoms with van der Waals surface area (Å²) < 4.78 is 0. The maximum absolute atomic E-state index is 2.63. The molecule has 0 aromatic heterocycles. The molecular formula is C40H88. The van der Waals surface area contributed by atoms with Gasteiger partial charge in [0.25, 0.3) is 0 Å². The second kappa shape index (κ2) is 35.2. The van der Waals surface area contributed by atoms with Gasteiger partial charge >= 0.3 is 0 Å². The van der Waals surface area contributed by atoms with Gasteiger partial charge in [0, 0.05) is 0 Å². The summed E-state index contributed by atoms with van der Waals surface area (Å²) in [5, 5.41) is 0. The molecule has 0 spiro atoms. The van der Waals surface area contributed by atoms with Crippen molar-refractivity contribution in [3.63, 3.8) is 0 Å². The van der Waals surface area contributed by atoms with Crippen LogP contribution in [0.1, 0.15) is 219 Å². The van der Waals surface area contributed by atoms with E-state index in [1.54, 1.807) is 0 Å². The van der Waals surface area contributed by atoms with Gasteiger partial charge in [-0.2, -0.15) is 0 Å². The molecule has 0 aromatic carbocycles. The van der Waals surface area contributed by atoms with E-state index in [1.807, 2.05) is 27.7 Å². The predicted octanol–water partition coefficient (Wildman–Crippen LogP) is 15.6. The van der Waals surface area contributed by atoms with E-state index in [2.05, 4.69) is 62.3 Å². The molecule has 0 aromatic rings. The van der Waals surface area contributed by atoms with Crippen LogP contribution in [0.15, 0.2) is 0 Å².